The summed E-state index contributed by atoms with van der Waals surface area (Å²) in [5, 5.41) is 8.92. The Hall–Kier alpha value is -1.91. The second-order valence-electron chi connectivity index (χ2n) is 5.26. The molecule has 5 nitrogen and oxygen atoms in total. The van der Waals surface area contributed by atoms with Crippen LogP contribution < -0.4 is 0 Å². The van der Waals surface area contributed by atoms with Crippen molar-refractivity contribution in [3.63, 3.8) is 0 Å². The Balaban J connectivity index is 1.74. The van der Waals surface area contributed by atoms with Gasteiger partial charge in [-0.2, -0.15) is 0 Å². The number of nitrogens with zero attached hydrogens (tertiary/aromatic N) is 2. The number of carboxylic acid groups (broad SMARTS) is 1. The highest BCUT2D eigenvalue weighted by Crippen LogP contribution is 2.43. The van der Waals surface area contributed by atoms with Crippen LogP contribution >= 0.6 is 0 Å². The van der Waals surface area contributed by atoms with Crippen LogP contribution in [0.1, 0.15) is 30.9 Å². The number of pyridine rings is 1. The summed E-state index contributed by atoms with van der Waals surface area (Å²) < 4.78 is 0. The second kappa shape index (κ2) is 4.64. The molecule has 1 aliphatic heterocycles. The lowest BCUT2D eigenvalue weighted by molar-refractivity contribution is -0.142. The zero-order valence-electron chi connectivity index (χ0n) is 10.5. The highest BCUT2D eigenvalue weighted by atomic mass is 16.4. The van der Waals surface area contributed by atoms with Crippen molar-refractivity contribution in [2.24, 2.45) is 11.8 Å². The molecular formula is C14H16N2O3. The molecule has 2 aliphatic rings. The lowest BCUT2D eigenvalue weighted by Crippen LogP contribution is -2.32. The van der Waals surface area contributed by atoms with E-state index in [0.29, 0.717) is 6.42 Å². The Morgan fingerprint density at radius 2 is 2.00 bits per heavy atom. The van der Waals surface area contributed by atoms with E-state index in [-0.39, 0.29) is 17.9 Å². The summed E-state index contributed by atoms with van der Waals surface area (Å²) >= 11 is 0. The highest BCUT2D eigenvalue weighted by molar-refractivity contribution is 5.89. The number of hydrogen-bond donors (Lipinski definition) is 1. The van der Waals surface area contributed by atoms with Gasteiger partial charge in [0.2, 0.25) is 5.91 Å². The van der Waals surface area contributed by atoms with Gasteiger partial charge in [-0.15, -0.1) is 0 Å². The van der Waals surface area contributed by atoms with Crippen molar-refractivity contribution in [1.82, 2.24) is 9.88 Å². The first-order valence-corrected chi connectivity index (χ1v) is 6.61. The lowest BCUT2D eigenvalue weighted by atomic mass is 10.1. The van der Waals surface area contributed by atoms with E-state index in [2.05, 4.69) is 4.98 Å². The van der Waals surface area contributed by atoms with Gasteiger partial charge in [0.1, 0.15) is 0 Å². The van der Waals surface area contributed by atoms with Crippen LogP contribution in [-0.2, 0) is 9.59 Å². The molecule has 1 N–H and O–H groups in total. The normalized spacial score (nSPS) is 29.3. The van der Waals surface area contributed by atoms with Gasteiger partial charge in [-0.3, -0.25) is 14.6 Å². The molecule has 0 radical (unpaired) electrons. The summed E-state index contributed by atoms with van der Waals surface area (Å²) in [6, 6.07) is 3.95. The quantitative estimate of drug-likeness (QED) is 0.893. The first-order valence-electron chi connectivity index (χ1n) is 6.61. The highest BCUT2D eigenvalue weighted by Gasteiger charge is 2.51. The van der Waals surface area contributed by atoms with Crippen LogP contribution in [0.15, 0.2) is 24.5 Å². The summed E-state index contributed by atoms with van der Waals surface area (Å²) in [5.41, 5.74) is 1.09. The van der Waals surface area contributed by atoms with Crippen molar-refractivity contribution >= 4 is 11.9 Å². The molecule has 2 fully saturated rings. The number of likely N-dealkylation sites (tertiary alicyclic amines) is 1. The number of carbonyl (C=O) groups is 2. The van der Waals surface area contributed by atoms with E-state index in [1.807, 2.05) is 17.0 Å². The standard InChI is InChI=1S/C14H16N2O3/c17-13(10-8-11(10)14(18)19)16-7-1-2-12(16)9-3-5-15-6-4-9/h3-6,10-12H,1-2,7-8H2,(H,18,19)/t10-,11+,12?/m1/s1. The van der Waals surface area contributed by atoms with Gasteiger partial charge in [0.15, 0.2) is 0 Å². The zero-order valence-corrected chi connectivity index (χ0v) is 10.5. The van der Waals surface area contributed by atoms with Crippen LogP contribution in [0.25, 0.3) is 0 Å². The third-order valence-corrected chi connectivity index (χ3v) is 4.05. The Morgan fingerprint density at radius 3 is 2.63 bits per heavy atom. The molecule has 0 spiro atoms. The van der Waals surface area contributed by atoms with Crippen molar-refractivity contribution in [2.45, 2.75) is 25.3 Å². The zero-order chi connectivity index (χ0) is 13.4. The summed E-state index contributed by atoms with van der Waals surface area (Å²) in [4.78, 5) is 29.1. The molecule has 0 aromatic carbocycles. The molecule has 19 heavy (non-hydrogen) atoms. The molecule has 5 heteroatoms. The minimum atomic E-state index is -0.849. The molecule has 100 valence electrons. The van der Waals surface area contributed by atoms with Gasteiger partial charge in [-0.25, -0.2) is 0 Å². The van der Waals surface area contributed by atoms with Gasteiger partial charge < -0.3 is 10.0 Å². The van der Waals surface area contributed by atoms with Crippen LogP contribution in [0.3, 0.4) is 0 Å². The number of hydrogen-bond acceptors (Lipinski definition) is 3. The first-order chi connectivity index (χ1) is 9.18. The van der Waals surface area contributed by atoms with Gasteiger partial charge in [0, 0.05) is 18.9 Å². The minimum absolute atomic E-state index is 0.00622. The van der Waals surface area contributed by atoms with Gasteiger partial charge in [-0.1, -0.05) is 0 Å². The number of carbonyl (C=O) groups excluding carboxylic acids is 1. The van der Waals surface area contributed by atoms with Crippen molar-refractivity contribution in [2.75, 3.05) is 6.54 Å². The fourth-order valence-electron chi connectivity index (χ4n) is 2.92. The molecule has 1 aromatic rings. The summed E-state index contributed by atoms with van der Waals surface area (Å²) in [6.45, 7) is 0.731. The fourth-order valence-corrected chi connectivity index (χ4v) is 2.92. The van der Waals surface area contributed by atoms with E-state index in [4.69, 9.17) is 5.11 Å². The summed E-state index contributed by atoms with van der Waals surface area (Å²) in [7, 11) is 0. The monoisotopic (exact) mass is 260 g/mol. The SMILES string of the molecule is O=C(O)[C@H]1C[C@H]1C(=O)N1CCCC1c1ccncc1. The molecule has 2 heterocycles. The largest absolute Gasteiger partial charge is 0.481 e. The van der Waals surface area contributed by atoms with E-state index < -0.39 is 11.9 Å². The van der Waals surface area contributed by atoms with Crippen molar-refractivity contribution < 1.29 is 14.7 Å². The number of aromatic nitrogens is 1. The molecule has 1 saturated heterocycles. The minimum Gasteiger partial charge on any atom is -0.481 e. The average Bonchev–Trinajstić information content (AvgIpc) is 3.08. The van der Waals surface area contributed by atoms with Crippen LogP contribution in [0.2, 0.25) is 0 Å². The van der Waals surface area contributed by atoms with Gasteiger partial charge in [0.25, 0.3) is 0 Å². The number of amides is 1. The van der Waals surface area contributed by atoms with Crippen LogP contribution in [-0.4, -0.2) is 33.4 Å². The first kappa shape index (κ1) is 12.1. The predicted octanol–water partition coefficient (Wildman–Crippen LogP) is 1.47. The third kappa shape index (κ3) is 2.20. The van der Waals surface area contributed by atoms with E-state index >= 15 is 0 Å². The van der Waals surface area contributed by atoms with Gasteiger partial charge in [0.05, 0.1) is 17.9 Å². The molecule has 1 saturated carbocycles. The summed E-state index contributed by atoms with van der Waals surface area (Å²) in [5.74, 6) is -1.61. The average molecular weight is 260 g/mol. The van der Waals surface area contributed by atoms with Crippen molar-refractivity contribution in [3.8, 4) is 0 Å². The molecule has 1 unspecified atom stereocenters. The molecule has 3 rings (SSSR count). The van der Waals surface area contributed by atoms with Crippen molar-refractivity contribution in [1.29, 1.82) is 0 Å². The molecule has 3 atom stereocenters. The fraction of sp³-hybridized carbons (Fsp3) is 0.500. The Labute approximate surface area is 111 Å². The van der Waals surface area contributed by atoms with Gasteiger partial charge in [-0.05, 0) is 37.0 Å². The molecular weight excluding hydrogens is 244 g/mol. The van der Waals surface area contributed by atoms with Crippen LogP contribution in [0.5, 0.6) is 0 Å². The maximum absolute atomic E-state index is 12.4. The third-order valence-electron chi connectivity index (χ3n) is 4.05. The summed E-state index contributed by atoms with van der Waals surface area (Å²) in [6.07, 6.45) is 5.87. The number of aliphatic carboxylic acids is 1. The molecule has 1 aliphatic carbocycles. The maximum atomic E-state index is 12.4. The van der Waals surface area contributed by atoms with Gasteiger partial charge >= 0.3 is 5.97 Å². The van der Waals surface area contributed by atoms with Crippen LogP contribution in [0.4, 0.5) is 0 Å². The topological polar surface area (TPSA) is 70.5 Å². The maximum Gasteiger partial charge on any atom is 0.307 e. The Kier molecular flexibility index (Phi) is 2.97. The number of rotatable bonds is 3. The van der Waals surface area contributed by atoms with Crippen LogP contribution in [0, 0.1) is 11.8 Å². The second-order valence-corrected chi connectivity index (χ2v) is 5.26. The Morgan fingerprint density at radius 1 is 1.26 bits per heavy atom. The van der Waals surface area contributed by atoms with Crippen molar-refractivity contribution in [3.05, 3.63) is 30.1 Å². The molecule has 0 bridgehead atoms. The van der Waals surface area contributed by atoms with E-state index in [9.17, 15) is 9.59 Å². The van der Waals surface area contributed by atoms with E-state index in [0.717, 1.165) is 24.9 Å². The molecule has 1 aromatic heterocycles. The van der Waals surface area contributed by atoms with E-state index in [1.165, 1.54) is 0 Å². The predicted molar refractivity (Wildman–Crippen MR) is 67.2 cm³/mol. The Bertz CT molecular complexity index is 503. The smallest absolute Gasteiger partial charge is 0.307 e. The molecule has 1 amide bonds. The van der Waals surface area contributed by atoms with E-state index in [1.54, 1.807) is 12.4 Å². The lowest BCUT2D eigenvalue weighted by Gasteiger charge is -2.25. The number of carboxylic acids is 1.